The third-order valence-corrected chi connectivity index (χ3v) is 2.45. The lowest BCUT2D eigenvalue weighted by molar-refractivity contribution is -0.126. The smallest absolute Gasteiger partial charge is 0.245 e. The number of hydrogen-bond donors (Lipinski definition) is 2. The average Bonchev–Trinajstić information content (AvgIpc) is 2.31. The summed E-state index contributed by atoms with van der Waals surface area (Å²) in [7, 11) is 0. The van der Waals surface area contributed by atoms with E-state index < -0.39 is 0 Å². The van der Waals surface area contributed by atoms with Crippen molar-refractivity contribution in [3.63, 3.8) is 0 Å². The van der Waals surface area contributed by atoms with Crippen LogP contribution < -0.4 is 5.73 Å². The summed E-state index contributed by atoms with van der Waals surface area (Å²) in [6.07, 6.45) is 5.97. The number of aliphatic hydroxyl groups is 1. The van der Waals surface area contributed by atoms with Gasteiger partial charge in [0.2, 0.25) is 5.91 Å². The molecule has 3 N–H and O–H groups in total. The van der Waals surface area contributed by atoms with E-state index in [4.69, 9.17) is 10.8 Å². The molecule has 16 heavy (non-hydrogen) atoms. The van der Waals surface area contributed by atoms with Crippen LogP contribution in [-0.2, 0) is 4.79 Å². The molecule has 0 saturated heterocycles. The predicted octanol–water partition coefficient (Wildman–Crippen LogP) is 0.903. The zero-order valence-corrected chi connectivity index (χ0v) is 10.0. The molecule has 0 heterocycles. The average molecular weight is 228 g/mol. The van der Waals surface area contributed by atoms with E-state index in [1.807, 2.05) is 0 Å². The highest BCUT2D eigenvalue weighted by molar-refractivity contribution is 5.86. The Kier molecular flexibility index (Phi) is 10.1. The number of nitrogens with two attached hydrogens (primary N) is 1. The number of amides is 1. The standard InChI is InChI=1S/C12H24N2O2/c1-2-12(16)14(10-6-7-11-15)9-5-3-4-8-13/h2,15H,1,3-11,13H2. The molecule has 0 spiro atoms. The van der Waals surface area contributed by atoms with Gasteiger partial charge in [-0.15, -0.1) is 0 Å². The minimum atomic E-state index is -0.0225. The molecule has 94 valence electrons. The molecular formula is C12H24N2O2. The summed E-state index contributed by atoms with van der Waals surface area (Å²) in [6.45, 7) is 5.85. The maximum atomic E-state index is 11.5. The molecule has 0 aromatic heterocycles. The minimum Gasteiger partial charge on any atom is -0.396 e. The molecule has 0 aromatic carbocycles. The van der Waals surface area contributed by atoms with Crippen molar-refractivity contribution in [2.45, 2.75) is 32.1 Å². The minimum absolute atomic E-state index is 0.0225. The lowest BCUT2D eigenvalue weighted by Gasteiger charge is -2.20. The Morgan fingerprint density at radius 3 is 2.31 bits per heavy atom. The number of unbranched alkanes of at least 4 members (excludes halogenated alkanes) is 3. The zero-order chi connectivity index (χ0) is 12.2. The van der Waals surface area contributed by atoms with Crippen LogP contribution in [0.25, 0.3) is 0 Å². The molecule has 0 radical (unpaired) electrons. The molecule has 0 unspecified atom stereocenters. The van der Waals surface area contributed by atoms with Crippen LogP contribution in [0.5, 0.6) is 0 Å². The van der Waals surface area contributed by atoms with Crippen molar-refractivity contribution in [2.75, 3.05) is 26.2 Å². The summed E-state index contributed by atoms with van der Waals surface area (Å²) in [5.74, 6) is -0.0225. The van der Waals surface area contributed by atoms with Gasteiger partial charge in [-0.3, -0.25) is 4.79 Å². The molecule has 0 aromatic rings. The van der Waals surface area contributed by atoms with E-state index in [0.717, 1.165) is 38.6 Å². The van der Waals surface area contributed by atoms with Crippen molar-refractivity contribution in [3.05, 3.63) is 12.7 Å². The fraction of sp³-hybridized carbons (Fsp3) is 0.750. The van der Waals surface area contributed by atoms with E-state index in [1.165, 1.54) is 6.08 Å². The third kappa shape index (κ3) is 7.43. The topological polar surface area (TPSA) is 66.6 Å². The van der Waals surface area contributed by atoms with E-state index in [-0.39, 0.29) is 12.5 Å². The summed E-state index contributed by atoms with van der Waals surface area (Å²) >= 11 is 0. The largest absolute Gasteiger partial charge is 0.396 e. The number of aliphatic hydroxyl groups excluding tert-OH is 1. The summed E-state index contributed by atoms with van der Waals surface area (Å²) in [5.41, 5.74) is 5.41. The van der Waals surface area contributed by atoms with Crippen molar-refractivity contribution < 1.29 is 9.90 Å². The zero-order valence-electron chi connectivity index (χ0n) is 10.0. The van der Waals surface area contributed by atoms with Crippen LogP contribution in [0.2, 0.25) is 0 Å². The molecule has 0 aliphatic heterocycles. The molecular weight excluding hydrogens is 204 g/mol. The molecule has 4 nitrogen and oxygen atoms in total. The lowest BCUT2D eigenvalue weighted by Crippen LogP contribution is -2.31. The van der Waals surface area contributed by atoms with Gasteiger partial charge >= 0.3 is 0 Å². The first-order valence-corrected chi connectivity index (χ1v) is 5.98. The van der Waals surface area contributed by atoms with Crippen molar-refractivity contribution in [3.8, 4) is 0 Å². The van der Waals surface area contributed by atoms with E-state index in [2.05, 4.69) is 6.58 Å². The highest BCUT2D eigenvalue weighted by Crippen LogP contribution is 2.02. The number of rotatable bonds is 10. The van der Waals surface area contributed by atoms with Gasteiger partial charge in [-0.05, 0) is 38.3 Å². The van der Waals surface area contributed by atoms with Crippen LogP contribution in [0.15, 0.2) is 12.7 Å². The molecule has 0 aliphatic carbocycles. The molecule has 1 amide bonds. The van der Waals surface area contributed by atoms with E-state index in [1.54, 1.807) is 4.90 Å². The van der Waals surface area contributed by atoms with E-state index >= 15 is 0 Å². The van der Waals surface area contributed by atoms with Gasteiger partial charge in [-0.25, -0.2) is 0 Å². The van der Waals surface area contributed by atoms with Gasteiger partial charge in [-0.1, -0.05) is 13.0 Å². The van der Waals surface area contributed by atoms with Gasteiger partial charge < -0.3 is 15.7 Å². The van der Waals surface area contributed by atoms with Crippen LogP contribution in [-0.4, -0.2) is 42.2 Å². The number of hydrogen-bond acceptors (Lipinski definition) is 3. The highest BCUT2D eigenvalue weighted by atomic mass is 16.2. The van der Waals surface area contributed by atoms with Crippen molar-refractivity contribution in [2.24, 2.45) is 5.73 Å². The van der Waals surface area contributed by atoms with Crippen LogP contribution in [0.4, 0.5) is 0 Å². The second-order valence-corrected chi connectivity index (χ2v) is 3.81. The monoisotopic (exact) mass is 228 g/mol. The third-order valence-electron chi connectivity index (χ3n) is 2.45. The summed E-state index contributed by atoms with van der Waals surface area (Å²) in [6, 6.07) is 0. The van der Waals surface area contributed by atoms with Gasteiger partial charge in [0, 0.05) is 19.7 Å². The molecule has 0 saturated carbocycles. The summed E-state index contributed by atoms with van der Waals surface area (Å²) < 4.78 is 0. The maximum absolute atomic E-state index is 11.5. The fourth-order valence-electron chi connectivity index (χ4n) is 1.50. The Hall–Kier alpha value is -0.870. The van der Waals surface area contributed by atoms with Crippen molar-refractivity contribution >= 4 is 5.91 Å². The normalized spacial score (nSPS) is 10.1. The molecule has 0 aliphatic rings. The summed E-state index contributed by atoms with van der Waals surface area (Å²) in [5, 5.41) is 8.68. The van der Waals surface area contributed by atoms with Gasteiger partial charge in [0.15, 0.2) is 0 Å². The van der Waals surface area contributed by atoms with Crippen LogP contribution in [0, 0.1) is 0 Å². The Morgan fingerprint density at radius 1 is 1.19 bits per heavy atom. The SMILES string of the molecule is C=CC(=O)N(CCCCO)CCCCCN. The highest BCUT2D eigenvalue weighted by Gasteiger charge is 2.08. The van der Waals surface area contributed by atoms with Crippen LogP contribution in [0.3, 0.4) is 0 Å². The Morgan fingerprint density at radius 2 is 1.81 bits per heavy atom. The number of carbonyl (C=O) groups is 1. The Labute approximate surface area is 98.1 Å². The molecule has 4 heteroatoms. The van der Waals surface area contributed by atoms with Crippen LogP contribution >= 0.6 is 0 Å². The van der Waals surface area contributed by atoms with E-state index in [0.29, 0.717) is 13.1 Å². The van der Waals surface area contributed by atoms with E-state index in [9.17, 15) is 4.79 Å². The molecule has 0 rings (SSSR count). The summed E-state index contributed by atoms with van der Waals surface area (Å²) in [4.78, 5) is 13.3. The molecule has 0 fully saturated rings. The van der Waals surface area contributed by atoms with Crippen molar-refractivity contribution in [1.29, 1.82) is 0 Å². The quantitative estimate of drug-likeness (QED) is 0.431. The first kappa shape index (κ1) is 15.1. The first-order valence-electron chi connectivity index (χ1n) is 5.98. The number of carbonyl (C=O) groups excluding carboxylic acids is 1. The first-order chi connectivity index (χ1) is 7.76. The lowest BCUT2D eigenvalue weighted by atomic mass is 10.2. The second-order valence-electron chi connectivity index (χ2n) is 3.81. The molecule has 0 atom stereocenters. The predicted molar refractivity (Wildman–Crippen MR) is 66.0 cm³/mol. The van der Waals surface area contributed by atoms with Crippen LogP contribution in [0.1, 0.15) is 32.1 Å². The van der Waals surface area contributed by atoms with Crippen molar-refractivity contribution in [1.82, 2.24) is 4.90 Å². The van der Waals surface area contributed by atoms with Gasteiger partial charge in [0.25, 0.3) is 0 Å². The maximum Gasteiger partial charge on any atom is 0.245 e. The van der Waals surface area contributed by atoms with Gasteiger partial charge in [0.1, 0.15) is 0 Å². The van der Waals surface area contributed by atoms with Gasteiger partial charge in [-0.2, -0.15) is 0 Å². The fourth-order valence-corrected chi connectivity index (χ4v) is 1.50. The Bertz CT molecular complexity index is 195. The van der Waals surface area contributed by atoms with Gasteiger partial charge in [0.05, 0.1) is 0 Å². The number of nitrogens with zero attached hydrogens (tertiary/aromatic N) is 1. The Balaban J connectivity index is 3.81. The molecule has 0 bridgehead atoms. The second kappa shape index (κ2) is 10.6.